The molecule has 0 saturated heterocycles. The lowest BCUT2D eigenvalue weighted by Crippen LogP contribution is -2.22. The fourth-order valence-electron chi connectivity index (χ4n) is 3.53. The second-order valence-electron chi connectivity index (χ2n) is 7.93. The first-order valence-corrected chi connectivity index (χ1v) is 10.3. The number of carbonyl (C=O) groups is 2. The van der Waals surface area contributed by atoms with Gasteiger partial charge < -0.3 is 14.6 Å². The molecule has 1 aromatic carbocycles. The lowest BCUT2D eigenvalue weighted by Gasteiger charge is -2.22. The van der Waals surface area contributed by atoms with Gasteiger partial charge >= 0.3 is 5.97 Å². The van der Waals surface area contributed by atoms with Gasteiger partial charge in [0.25, 0.3) is 0 Å². The molecular formula is C23H36O5. The first-order chi connectivity index (χ1) is 13.3. The minimum Gasteiger partial charge on any atom is -0.504 e. The van der Waals surface area contributed by atoms with Gasteiger partial charge in [-0.25, -0.2) is 0 Å². The second kappa shape index (κ2) is 12.4. The van der Waals surface area contributed by atoms with Crippen molar-refractivity contribution >= 4 is 11.8 Å². The van der Waals surface area contributed by atoms with Gasteiger partial charge in [-0.1, -0.05) is 39.7 Å². The number of aromatic hydroxyl groups is 1. The van der Waals surface area contributed by atoms with Gasteiger partial charge in [0.1, 0.15) is 11.9 Å². The van der Waals surface area contributed by atoms with Gasteiger partial charge in [-0.3, -0.25) is 9.59 Å². The Hall–Kier alpha value is -2.04. The van der Waals surface area contributed by atoms with Gasteiger partial charge in [0.15, 0.2) is 11.5 Å². The van der Waals surface area contributed by atoms with Crippen LogP contribution in [-0.2, 0) is 14.3 Å². The highest BCUT2D eigenvalue weighted by Gasteiger charge is 2.22. The molecule has 1 N–H and O–H groups in total. The normalized spacial score (nSPS) is 13.2. The number of carbonyl (C=O) groups excluding carboxylic acids is 2. The summed E-state index contributed by atoms with van der Waals surface area (Å²) in [5, 5.41) is 9.85. The van der Waals surface area contributed by atoms with Crippen molar-refractivity contribution in [1.29, 1.82) is 0 Å². The van der Waals surface area contributed by atoms with E-state index in [1.165, 1.54) is 14.0 Å². The molecule has 2 atom stereocenters. The standard InChI is InChI=1S/C23H36O5/c1-6-7-8-9-21(28-17(4)24)15-20(25)13-19(12-16(2)3)18-10-11-22(26)23(14-18)27-5/h10-11,14,16,19,21,26H,6-9,12-13,15H2,1-5H3/t19-,21+/m0/s1. The Balaban J connectivity index is 2.86. The predicted octanol–water partition coefficient (Wildman–Crippen LogP) is 5.39. The zero-order valence-corrected chi connectivity index (χ0v) is 18.0. The molecule has 5 nitrogen and oxygen atoms in total. The summed E-state index contributed by atoms with van der Waals surface area (Å²) in [6, 6.07) is 5.27. The molecule has 0 saturated carbocycles. The maximum atomic E-state index is 12.8. The molecule has 1 aromatic rings. The molecule has 0 aromatic heterocycles. The summed E-state index contributed by atoms with van der Waals surface area (Å²) in [5.74, 6) is 0.724. The summed E-state index contributed by atoms with van der Waals surface area (Å²) < 4.78 is 10.6. The number of phenols is 1. The molecule has 158 valence electrons. The number of methoxy groups -OCH3 is 1. The van der Waals surface area contributed by atoms with E-state index in [0.29, 0.717) is 18.1 Å². The first kappa shape index (κ1) is 24.0. The Bertz CT molecular complexity index is 623. The van der Waals surface area contributed by atoms with Crippen molar-refractivity contribution in [2.45, 2.75) is 84.7 Å². The summed E-state index contributed by atoms with van der Waals surface area (Å²) in [5.41, 5.74) is 0.978. The third kappa shape index (κ3) is 8.77. The van der Waals surface area contributed by atoms with Crippen molar-refractivity contribution in [1.82, 2.24) is 0 Å². The van der Waals surface area contributed by atoms with E-state index in [4.69, 9.17) is 9.47 Å². The van der Waals surface area contributed by atoms with Crippen LogP contribution in [0.4, 0.5) is 0 Å². The second-order valence-corrected chi connectivity index (χ2v) is 7.93. The molecule has 0 radical (unpaired) electrons. The van der Waals surface area contributed by atoms with Gasteiger partial charge in [0.05, 0.1) is 7.11 Å². The molecule has 1 rings (SSSR count). The average molecular weight is 393 g/mol. The van der Waals surface area contributed by atoms with Crippen LogP contribution in [0, 0.1) is 5.92 Å². The van der Waals surface area contributed by atoms with E-state index >= 15 is 0 Å². The maximum absolute atomic E-state index is 12.8. The molecule has 0 bridgehead atoms. The quantitative estimate of drug-likeness (QED) is 0.360. The molecule has 0 fully saturated rings. The summed E-state index contributed by atoms with van der Waals surface area (Å²) in [4.78, 5) is 24.2. The Labute approximate surface area is 169 Å². The average Bonchev–Trinajstić information content (AvgIpc) is 2.60. The zero-order valence-electron chi connectivity index (χ0n) is 18.0. The van der Waals surface area contributed by atoms with Crippen LogP contribution in [0.3, 0.4) is 0 Å². The number of esters is 1. The lowest BCUT2D eigenvalue weighted by molar-refractivity contribution is -0.148. The molecule has 0 aliphatic rings. The van der Waals surface area contributed by atoms with E-state index in [1.54, 1.807) is 12.1 Å². The maximum Gasteiger partial charge on any atom is 0.302 e. The minimum absolute atomic E-state index is 0.0376. The molecule has 0 heterocycles. The highest BCUT2D eigenvalue weighted by Crippen LogP contribution is 2.34. The number of ether oxygens (including phenoxy) is 2. The Kier molecular flexibility index (Phi) is 10.6. The molecule has 0 aliphatic heterocycles. The van der Waals surface area contributed by atoms with Crippen molar-refractivity contribution in [2.75, 3.05) is 7.11 Å². The molecule has 0 amide bonds. The number of Topliss-reactive ketones (excluding diaryl/α,β-unsaturated/α-hetero) is 1. The topological polar surface area (TPSA) is 72.8 Å². The summed E-state index contributed by atoms with van der Waals surface area (Å²) in [6.07, 6.45) is 4.98. The number of rotatable bonds is 13. The Morgan fingerprint density at radius 2 is 1.86 bits per heavy atom. The van der Waals surface area contributed by atoms with E-state index in [0.717, 1.165) is 37.7 Å². The molecular weight excluding hydrogens is 356 g/mol. The fourth-order valence-corrected chi connectivity index (χ4v) is 3.53. The van der Waals surface area contributed by atoms with Crippen molar-refractivity contribution in [3.63, 3.8) is 0 Å². The predicted molar refractivity (Wildman–Crippen MR) is 111 cm³/mol. The van der Waals surface area contributed by atoms with E-state index in [2.05, 4.69) is 20.8 Å². The third-order valence-electron chi connectivity index (χ3n) is 4.82. The molecule has 0 spiro atoms. The highest BCUT2D eigenvalue weighted by atomic mass is 16.5. The van der Waals surface area contributed by atoms with Crippen LogP contribution in [0.5, 0.6) is 11.5 Å². The Morgan fingerprint density at radius 3 is 2.43 bits per heavy atom. The summed E-state index contributed by atoms with van der Waals surface area (Å²) >= 11 is 0. The number of hydrogen-bond acceptors (Lipinski definition) is 5. The fraction of sp³-hybridized carbons (Fsp3) is 0.652. The number of phenolic OH excluding ortho intramolecular Hbond substituents is 1. The van der Waals surface area contributed by atoms with E-state index in [9.17, 15) is 14.7 Å². The smallest absolute Gasteiger partial charge is 0.302 e. The first-order valence-electron chi connectivity index (χ1n) is 10.3. The monoisotopic (exact) mass is 392 g/mol. The summed E-state index contributed by atoms with van der Waals surface area (Å²) in [6.45, 7) is 7.76. The van der Waals surface area contributed by atoms with Crippen LogP contribution in [0.15, 0.2) is 18.2 Å². The van der Waals surface area contributed by atoms with Crippen molar-refractivity contribution in [2.24, 2.45) is 5.92 Å². The van der Waals surface area contributed by atoms with Gasteiger partial charge in [-0.2, -0.15) is 0 Å². The number of benzene rings is 1. The molecule has 5 heteroatoms. The van der Waals surface area contributed by atoms with Crippen LogP contribution in [0.2, 0.25) is 0 Å². The van der Waals surface area contributed by atoms with Gasteiger partial charge in [0, 0.05) is 19.8 Å². The van der Waals surface area contributed by atoms with Gasteiger partial charge in [0.2, 0.25) is 0 Å². The van der Waals surface area contributed by atoms with E-state index in [-0.39, 0.29) is 35.9 Å². The van der Waals surface area contributed by atoms with Crippen molar-refractivity contribution in [3.05, 3.63) is 23.8 Å². The lowest BCUT2D eigenvalue weighted by atomic mass is 9.85. The SMILES string of the molecule is CCCCC[C@H](CC(=O)C[C@H](CC(C)C)c1ccc(O)c(OC)c1)OC(C)=O. The number of hydrogen-bond donors (Lipinski definition) is 1. The van der Waals surface area contributed by atoms with Gasteiger partial charge in [-0.15, -0.1) is 0 Å². The largest absolute Gasteiger partial charge is 0.504 e. The highest BCUT2D eigenvalue weighted by molar-refractivity contribution is 5.80. The van der Waals surface area contributed by atoms with E-state index in [1.807, 2.05) is 6.07 Å². The van der Waals surface area contributed by atoms with Gasteiger partial charge in [-0.05, 0) is 48.8 Å². The molecule has 0 aliphatic carbocycles. The van der Waals surface area contributed by atoms with Crippen LogP contribution < -0.4 is 4.74 Å². The molecule has 0 unspecified atom stereocenters. The van der Waals surface area contributed by atoms with Crippen molar-refractivity contribution in [3.8, 4) is 11.5 Å². The van der Waals surface area contributed by atoms with Crippen molar-refractivity contribution < 1.29 is 24.2 Å². The van der Waals surface area contributed by atoms with Crippen LogP contribution in [0.25, 0.3) is 0 Å². The van der Waals surface area contributed by atoms with Crippen LogP contribution in [0.1, 0.15) is 84.1 Å². The summed E-state index contributed by atoms with van der Waals surface area (Å²) in [7, 11) is 1.52. The minimum atomic E-state index is -0.342. The zero-order chi connectivity index (χ0) is 21.1. The van der Waals surface area contributed by atoms with Crippen LogP contribution >= 0.6 is 0 Å². The Morgan fingerprint density at radius 1 is 1.14 bits per heavy atom. The van der Waals surface area contributed by atoms with Crippen LogP contribution in [-0.4, -0.2) is 30.1 Å². The molecule has 28 heavy (non-hydrogen) atoms. The third-order valence-corrected chi connectivity index (χ3v) is 4.82. The number of unbranched alkanes of at least 4 members (excludes halogenated alkanes) is 2. The number of ketones is 1. The van der Waals surface area contributed by atoms with E-state index < -0.39 is 0 Å².